The smallest absolute Gasteiger partial charge is 0.458 e. The quantitative estimate of drug-likeness (QED) is 0.273. The van der Waals surface area contributed by atoms with Gasteiger partial charge in [-0.3, -0.25) is 0 Å². The Kier molecular flexibility index (Phi) is 35.1. The van der Waals surface area contributed by atoms with Gasteiger partial charge < -0.3 is 23.3 Å². The van der Waals surface area contributed by atoms with Gasteiger partial charge in [-0.25, -0.2) is 0 Å². The third kappa shape index (κ3) is 331. The Morgan fingerprint density at radius 3 is 1.06 bits per heavy atom. The van der Waals surface area contributed by atoms with Crippen LogP contribution in [0, 0.1) is 0 Å². The Morgan fingerprint density at radius 1 is 0.882 bits per heavy atom. The van der Waals surface area contributed by atoms with Crippen molar-refractivity contribution in [1.29, 1.82) is 0 Å². The summed E-state index contributed by atoms with van der Waals surface area (Å²) in [7, 11) is -5.07. The SMILES string of the molecule is C[SiH](C)O.C[Si](C)O[SiH](C)C.O[Si](O)O.[Rf].[Rf]. The van der Waals surface area contributed by atoms with Crippen molar-refractivity contribution in [2.45, 2.75) is 39.3 Å². The number of hydrogen-bond donors (Lipinski definition) is 4. The van der Waals surface area contributed by atoms with Crippen LogP contribution in [0.5, 0.6) is 0 Å². The monoisotopic (exact) mass is 822 g/mol. The first-order valence-corrected chi connectivity index (χ1v) is 14.0. The van der Waals surface area contributed by atoms with Gasteiger partial charge in [0.05, 0.1) is 0 Å². The van der Waals surface area contributed by atoms with Gasteiger partial charge in [-0.15, -0.1) is 0 Å². The van der Waals surface area contributed by atoms with E-state index in [1.54, 1.807) is 0 Å². The molecule has 4 N–H and O–H groups in total. The summed E-state index contributed by atoms with van der Waals surface area (Å²) in [5.41, 5.74) is 0. The first kappa shape index (κ1) is 29.6. The summed E-state index contributed by atoms with van der Waals surface area (Å²) < 4.78 is 5.49. The second-order valence-electron chi connectivity index (χ2n) is 3.47. The zero-order chi connectivity index (χ0) is 13.0. The van der Waals surface area contributed by atoms with Gasteiger partial charge in [0, 0.05) is 0 Å². The molecule has 98 valence electrons. The maximum absolute atomic E-state index is 8.19. The van der Waals surface area contributed by atoms with E-state index in [0.29, 0.717) is 0 Å². The molecule has 0 aromatic rings. The molecule has 5 nitrogen and oxygen atoms in total. The maximum atomic E-state index is 8.19. The molecule has 0 aromatic heterocycles. The van der Waals surface area contributed by atoms with Crippen LogP contribution in [0.15, 0.2) is 0 Å². The Hall–Kier alpha value is -1.33. The van der Waals surface area contributed by atoms with E-state index in [0.717, 1.165) is 0 Å². The number of rotatable bonds is 2. The van der Waals surface area contributed by atoms with E-state index in [2.05, 4.69) is 26.2 Å². The van der Waals surface area contributed by atoms with Crippen LogP contribution in [0.3, 0.4) is 0 Å². The molecule has 11 heteroatoms. The fourth-order valence-electron chi connectivity index (χ4n) is 0.471. The van der Waals surface area contributed by atoms with Gasteiger partial charge >= 0.3 is 9.53 Å². The third-order valence-corrected chi connectivity index (χ3v) is 4.24. The van der Waals surface area contributed by atoms with Gasteiger partial charge in [-0.2, -0.15) is 0 Å². The average Bonchev–Trinajstić information content (AvgIpc) is 1.78. The van der Waals surface area contributed by atoms with E-state index in [4.69, 9.17) is 23.3 Å². The molecule has 17 heavy (non-hydrogen) atoms. The van der Waals surface area contributed by atoms with Gasteiger partial charge in [0.25, 0.3) is 0 Å². The number of hydrogen-bond acceptors (Lipinski definition) is 5. The van der Waals surface area contributed by atoms with Gasteiger partial charge in [0.1, 0.15) is 0 Å². The molecule has 0 bridgehead atoms. The van der Waals surface area contributed by atoms with Crippen molar-refractivity contribution in [3.05, 3.63) is 0 Å². The van der Waals surface area contributed by atoms with Crippen LogP contribution in [0.1, 0.15) is 0 Å². The van der Waals surface area contributed by atoms with E-state index >= 15 is 0 Å². The molecule has 0 atom stereocenters. The van der Waals surface area contributed by atoms with Crippen LogP contribution in [-0.4, -0.2) is 55.8 Å². The molecule has 0 saturated heterocycles. The van der Waals surface area contributed by atoms with Crippen LogP contribution in [0.4, 0.5) is 0 Å². The van der Waals surface area contributed by atoms with Crippen molar-refractivity contribution in [3.8, 4) is 0 Å². The molecule has 0 spiro atoms. The van der Waals surface area contributed by atoms with Crippen molar-refractivity contribution >= 4 is 36.6 Å². The second kappa shape index (κ2) is 20.1. The van der Waals surface area contributed by atoms with Crippen molar-refractivity contribution in [3.63, 3.8) is 0 Å². The van der Waals surface area contributed by atoms with Crippen molar-refractivity contribution in [1.82, 2.24) is 0 Å². The predicted molar refractivity (Wildman–Crippen MR) is 71.0 cm³/mol. The Morgan fingerprint density at radius 2 is 1.06 bits per heavy atom. The van der Waals surface area contributed by atoms with Crippen LogP contribution >= 0.6 is 0 Å². The first-order chi connectivity index (χ1) is 6.59. The molecule has 0 rings (SSSR count). The van der Waals surface area contributed by atoms with Gasteiger partial charge in [0.2, 0.25) is 0 Å². The van der Waals surface area contributed by atoms with Crippen LogP contribution in [-0.2, 0) is 4.12 Å². The molecule has 0 fully saturated rings. The zero-order valence-corrected chi connectivity index (χ0v) is 28.9. The first-order valence-electron chi connectivity index (χ1n) is 4.68. The molecule has 0 aliphatic rings. The normalized spacial score (nSPS) is 8.82. The Balaban J connectivity index is -0.0000000425. The average molecular weight is 823 g/mol. The van der Waals surface area contributed by atoms with Crippen LogP contribution < -0.4 is 0 Å². The second-order valence-corrected chi connectivity index (χ2v) is 11.1. The van der Waals surface area contributed by atoms with E-state index in [1.807, 2.05) is 13.1 Å². The summed E-state index contributed by atoms with van der Waals surface area (Å²) in [5.74, 6) is 0. The third-order valence-electron chi connectivity index (χ3n) is 0.471. The summed E-state index contributed by atoms with van der Waals surface area (Å²) in [5, 5.41) is 0. The summed E-state index contributed by atoms with van der Waals surface area (Å²) in [6.45, 7) is 12.5. The molecule has 0 aromatic carbocycles. The van der Waals surface area contributed by atoms with Gasteiger partial charge in [-0.1, -0.05) is 0 Å². The summed E-state index contributed by atoms with van der Waals surface area (Å²) in [4.78, 5) is 30.0. The van der Waals surface area contributed by atoms with E-state index in [9.17, 15) is 0 Å². The van der Waals surface area contributed by atoms with Gasteiger partial charge in [-0.05, 0) is 39.3 Å². The van der Waals surface area contributed by atoms with E-state index < -0.39 is 27.6 Å². The largest absolute Gasteiger partial charge is 0.569 e. The maximum Gasteiger partial charge on any atom is 0.569 e. The van der Waals surface area contributed by atoms with Crippen molar-refractivity contribution in [2.24, 2.45) is 0 Å². The zero-order valence-electron chi connectivity index (χ0n) is 11.8. The molecular weight excluding hydrogens is 798 g/mol. The molecule has 0 heterocycles. The summed E-state index contributed by atoms with van der Waals surface area (Å²) in [6, 6.07) is 0. The fraction of sp³-hybridized carbons (Fsp3) is 1.00. The van der Waals surface area contributed by atoms with Crippen LogP contribution in [0.2, 0.25) is 39.3 Å². The summed E-state index contributed by atoms with van der Waals surface area (Å²) >= 11 is 0. The van der Waals surface area contributed by atoms with E-state index in [1.165, 1.54) is 0 Å². The topological polar surface area (TPSA) is 90.2 Å². The minimum Gasteiger partial charge on any atom is -0.458 e. The molecule has 0 aliphatic heterocycles. The van der Waals surface area contributed by atoms with Crippen LogP contribution in [0.25, 0.3) is 0 Å². The molecule has 0 amide bonds. The standard InChI is InChI=1S/C4H13OSi2.C2H8OSi.H3O3Si.2Rf/c1-6(2)5-7(3)4;2*1-4(2)3;;/h6H,1-4H3;3-4H,1-2H3;1-3H;;. The van der Waals surface area contributed by atoms with E-state index in [-0.39, 0.29) is 9.04 Å². The summed E-state index contributed by atoms with van der Waals surface area (Å²) in [6.07, 6.45) is 0. The minimum atomic E-state index is -2.88. The van der Waals surface area contributed by atoms with Gasteiger partial charge in [0.15, 0.2) is 27.1 Å². The molecule has 2 radical (unpaired) electrons. The Bertz CT molecular complexity index is 103. The van der Waals surface area contributed by atoms with Crippen molar-refractivity contribution < 1.29 is 23.3 Å². The Labute approximate surface area is 99.5 Å². The molecule has 0 saturated carbocycles. The molecule has 0 unspecified atom stereocenters. The predicted octanol–water partition coefficient (Wildman–Crippen LogP) is -0.852. The minimum absolute atomic E-state index is 0. The molecule has 0 aliphatic carbocycles. The fourth-order valence-corrected chi connectivity index (χ4v) is 4.24. The van der Waals surface area contributed by atoms with Crippen molar-refractivity contribution in [2.75, 3.05) is 0 Å². The molecular formula is C6H24O5Rf2Si4.